The molecule has 1 aromatic heterocycles. The van der Waals surface area contributed by atoms with Crippen LogP contribution in [0.4, 0.5) is 10.1 Å². The Morgan fingerprint density at radius 3 is 2.69 bits per heavy atom. The Morgan fingerprint density at radius 2 is 1.96 bits per heavy atom. The molecule has 0 bridgehead atoms. The Hall–Kier alpha value is -2.18. The number of carbonyl (C=O) groups is 1. The third kappa shape index (κ3) is 4.71. The van der Waals surface area contributed by atoms with Crippen molar-refractivity contribution in [3.05, 3.63) is 71.0 Å². The number of para-hydroxylation sites is 1. The van der Waals surface area contributed by atoms with Gasteiger partial charge in [0.25, 0.3) is 0 Å². The average Bonchev–Trinajstić information content (AvgIpc) is 3.11. The molecule has 1 unspecified atom stereocenters. The van der Waals surface area contributed by atoms with E-state index in [1.54, 1.807) is 29.5 Å². The van der Waals surface area contributed by atoms with Crippen molar-refractivity contribution >= 4 is 34.7 Å². The number of hydrogen-bond donors (Lipinski definition) is 1. The normalized spacial score (nSPS) is 12.0. The number of hydrogen-bond acceptors (Lipinski definition) is 4. The van der Waals surface area contributed by atoms with E-state index in [4.69, 9.17) is 0 Å². The van der Waals surface area contributed by atoms with E-state index in [1.807, 2.05) is 12.3 Å². The molecule has 6 heteroatoms. The first-order valence-electron chi connectivity index (χ1n) is 8.21. The fourth-order valence-electron chi connectivity index (χ4n) is 2.29. The summed E-state index contributed by atoms with van der Waals surface area (Å²) in [6.07, 6.45) is 0. The van der Waals surface area contributed by atoms with Crippen molar-refractivity contribution in [2.75, 3.05) is 5.32 Å². The van der Waals surface area contributed by atoms with Crippen LogP contribution >= 0.6 is 23.1 Å². The molecular weight excluding hydrogens is 367 g/mol. The van der Waals surface area contributed by atoms with Crippen molar-refractivity contribution in [1.29, 1.82) is 0 Å². The van der Waals surface area contributed by atoms with Crippen molar-refractivity contribution in [1.82, 2.24) is 4.98 Å². The molecule has 0 saturated heterocycles. The minimum Gasteiger partial charge on any atom is -0.323 e. The summed E-state index contributed by atoms with van der Waals surface area (Å²) in [5.74, 6) is -0.0109. The van der Waals surface area contributed by atoms with Gasteiger partial charge in [0, 0.05) is 16.7 Å². The Bertz CT molecular complexity index is 893. The van der Waals surface area contributed by atoms with Gasteiger partial charge in [-0.3, -0.25) is 4.79 Å². The molecule has 1 heterocycles. The van der Waals surface area contributed by atoms with E-state index >= 15 is 0 Å². The summed E-state index contributed by atoms with van der Waals surface area (Å²) in [6, 6.07) is 14.4. The van der Waals surface area contributed by atoms with Crippen LogP contribution in [0.5, 0.6) is 0 Å². The number of carbonyl (C=O) groups excluding carboxylic acids is 1. The van der Waals surface area contributed by atoms with Crippen LogP contribution in [0.3, 0.4) is 0 Å². The smallest absolute Gasteiger partial charge is 0.237 e. The average molecular weight is 387 g/mol. The van der Waals surface area contributed by atoms with Crippen LogP contribution in [-0.4, -0.2) is 16.1 Å². The molecule has 1 N–H and O–H groups in total. The molecule has 1 amide bonds. The standard InChI is InChI=1S/C20H19FN2OS2/c1-13-7-9-15(10-8-13)20-22-16(12-26-20)11-25-14(2)19(24)23-18-6-4-3-5-17(18)21/h3-10,12,14H,11H2,1-2H3,(H,23,24). The summed E-state index contributed by atoms with van der Waals surface area (Å²) in [4.78, 5) is 16.9. The van der Waals surface area contributed by atoms with Crippen molar-refractivity contribution in [3.8, 4) is 10.6 Å². The molecule has 3 aromatic rings. The van der Waals surface area contributed by atoms with E-state index in [-0.39, 0.29) is 16.8 Å². The van der Waals surface area contributed by atoms with Gasteiger partial charge in [-0.1, -0.05) is 42.0 Å². The summed E-state index contributed by atoms with van der Waals surface area (Å²) < 4.78 is 13.6. The van der Waals surface area contributed by atoms with Gasteiger partial charge in [0.2, 0.25) is 5.91 Å². The lowest BCUT2D eigenvalue weighted by atomic mass is 10.2. The van der Waals surface area contributed by atoms with Crippen LogP contribution in [0.2, 0.25) is 0 Å². The summed E-state index contributed by atoms with van der Waals surface area (Å²) >= 11 is 3.08. The van der Waals surface area contributed by atoms with E-state index in [2.05, 4.69) is 41.5 Å². The lowest BCUT2D eigenvalue weighted by Gasteiger charge is -2.11. The fraction of sp³-hybridized carbons (Fsp3) is 0.200. The molecule has 0 spiro atoms. The van der Waals surface area contributed by atoms with Crippen LogP contribution in [0.1, 0.15) is 18.2 Å². The molecule has 26 heavy (non-hydrogen) atoms. The molecule has 0 radical (unpaired) electrons. The predicted molar refractivity (Wildman–Crippen MR) is 108 cm³/mol. The van der Waals surface area contributed by atoms with E-state index < -0.39 is 5.82 Å². The van der Waals surface area contributed by atoms with Crippen molar-refractivity contribution < 1.29 is 9.18 Å². The Labute approximate surface area is 160 Å². The lowest BCUT2D eigenvalue weighted by molar-refractivity contribution is -0.115. The topological polar surface area (TPSA) is 42.0 Å². The summed E-state index contributed by atoms with van der Waals surface area (Å²) in [5.41, 5.74) is 3.47. The third-order valence-electron chi connectivity index (χ3n) is 3.83. The van der Waals surface area contributed by atoms with Crippen LogP contribution in [0.15, 0.2) is 53.9 Å². The van der Waals surface area contributed by atoms with Gasteiger partial charge < -0.3 is 5.32 Å². The van der Waals surface area contributed by atoms with Gasteiger partial charge in [0.05, 0.1) is 16.6 Å². The first-order chi connectivity index (χ1) is 12.5. The number of benzene rings is 2. The highest BCUT2D eigenvalue weighted by Gasteiger charge is 2.16. The van der Waals surface area contributed by atoms with E-state index in [9.17, 15) is 9.18 Å². The van der Waals surface area contributed by atoms with Crippen LogP contribution in [0.25, 0.3) is 10.6 Å². The third-order valence-corrected chi connectivity index (χ3v) is 5.95. The molecule has 1 atom stereocenters. The number of thioether (sulfide) groups is 1. The SMILES string of the molecule is Cc1ccc(-c2nc(CSC(C)C(=O)Nc3ccccc3F)cs2)cc1. The largest absolute Gasteiger partial charge is 0.323 e. The number of thiazole rings is 1. The number of halogens is 1. The molecule has 134 valence electrons. The predicted octanol–water partition coefficient (Wildman–Crippen LogP) is 5.52. The Kier molecular flexibility index (Phi) is 6.06. The second-order valence-electron chi connectivity index (χ2n) is 5.93. The maximum atomic E-state index is 13.6. The van der Waals surface area contributed by atoms with Crippen molar-refractivity contribution in [2.24, 2.45) is 0 Å². The quantitative estimate of drug-likeness (QED) is 0.607. The molecule has 0 fully saturated rings. The highest BCUT2D eigenvalue weighted by molar-refractivity contribution is 7.99. The summed E-state index contributed by atoms with van der Waals surface area (Å²) in [7, 11) is 0. The highest BCUT2D eigenvalue weighted by Crippen LogP contribution is 2.27. The molecule has 0 aliphatic heterocycles. The van der Waals surface area contributed by atoms with Gasteiger partial charge >= 0.3 is 0 Å². The number of amides is 1. The number of nitrogens with one attached hydrogen (secondary N) is 1. The van der Waals surface area contributed by atoms with Gasteiger partial charge in [-0.2, -0.15) is 0 Å². The molecule has 3 nitrogen and oxygen atoms in total. The van der Waals surface area contributed by atoms with Crippen LogP contribution in [-0.2, 0) is 10.5 Å². The first-order valence-corrected chi connectivity index (χ1v) is 10.1. The maximum Gasteiger partial charge on any atom is 0.237 e. The second kappa shape index (κ2) is 8.47. The number of nitrogens with zero attached hydrogens (tertiary/aromatic N) is 1. The molecule has 0 aliphatic carbocycles. The zero-order valence-electron chi connectivity index (χ0n) is 14.5. The zero-order valence-corrected chi connectivity index (χ0v) is 16.2. The second-order valence-corrected chi connectivity index (χ2v) is 8.12. The fourth-order valence-corrected chi connectivity index (χ4v) is 4.00. The molecule has 0 aliphatic rings. The van der Waals surface area contributed by atoms with Gasteiger partial charge in [-0.15, -0.1) is 23.1 Å². The van der Waals surface area contributed by atoms with E-state index in [0.717, 1.165) is 16.3 Å². The number of rotatable bonds is 6. The van der Waals surface area contributed by atoms with Crippen molar-refractivity contribution in [3.63, 3.8) is 0 Å². The van der Waals surface area contributed by atoms with Gasteiger partial charge in [-0.25, -0.2) is 9.37 Å². The van der Waals surface area contributed by atoms with Gasteiger partial charge in [-0.05, 0) is 26.0 Å². The van der Waals surface area contributed by atoms with Crippen LogP contribution < -0.4 is 5.32 Å². The highest BCUT2D eigenvalue weighted by atomic mass is 32.2. The van der Waals surface area contributed by atoms with Gasteiger partial charge in [0.15, 0.2) is 0 Å². The minimum absolute atomic E-state index is 0.209. The maximum absolute atomic E-state index is 13.6. The molecule has 0 saturated carbocycles. The first kappa shape index (κ1) is 18.6. The minimum atomic E-state index is -0.430. The number of aryl methyl sites for hydroxylation is 1. The van der Waals surface area contributed by atoms with Crippen LogP contribution in [0, 0.1) is 12.7 Å². The molecular formula is C20H19FN2OS2. The lowest BCUT2D eigenvalue weighted by Crippen LogP contribution is -2.23. The molecule has 3 rings (SSSR count). The van der Waals surface area contributed by atoms with Gasteiger partial charge in [0.1, 0.15) is 10.8 Å². The monoisotopic (exact) mass is 386 g/mol. The summed E-state index contributed by atoms with van der Waals surface area (Å²) in [5, 5.41) is 5.32. The molecule has 2 aromatic carbocycles. The Morgan fingerprint density at radius 1 is 1.23 bits per heavy atom. The van der Waals surface area contributed by atoms with Crippen molar-refractivity contribution in [2.45, 2.75) is 24.9 Å². The number of anilines is 1. The summed E-state index contributed by atoms with van der Waals surface area (Å²) in [6.45, 7) is 3.87. The van der Waals surface area contributed by atoms with E-state index in [1.165, 1.54) is 23.4 Å². The van der Waals surface area contributed by atoms with E-state index in [0.29, 0.717) is 5.75 Å². The zero-order chi connectivity index (χ0) is 18.5. The Balaban J connectivity index is 1.56. The number of aromatic nitrogens is 1.